The molecule has 1 aromatic heterocycles. The van der Waals surface area contributed by atoms with E-state index in [9.17, 15) is 4.79 Å². The maximum Gasteiger partial charge on any atom is 0.251 e. The minimum atomic E-state index is -0.176. The molecule has 0 bridgehead atoms. The van der Waals surface area contributed by atoms with Crippen molar-refractivity contribution in [3.8, 4) is 0 Å². The van der Waals surface area contributed by atoms with Crippen LogP contribution in [-0.2, 0) is 0 Å². The van der Waals surface area contributed by atoms with Gasteiger partial charge in [0.25, 0.3) is 5.91 Å². The average Bonchev–Trinajstić information content (AvgIpc) is 2.77. The van der Waals surface area contributed by atoms with Gasteiger partial charge in [-0.25, -0.2) is 0 Å². The van der Waals surface area contributed by atoms with E-state index in [4.69, 9.17) is 0 Å². The highest BCUT2D eigenvalue weighted by atomic mass is 32.2. The summed E-state index contributed by atoms with van der Waals surface area (Å²) in [5.74, 6) is 0.615. The zero-order valence-corrected chi connectivity index (χ0v) is 16.1. The molecule has 3 nitrogen and oxygen atoms in total. The number of nitrogens with zero attached hydrogens (tertiary/aromatic N) is 1. The molecule has 1 N–H and O–H groups in total. The van der Waals surface area contributed by atoms with Gasteiger partial charge in [-0.3, -0.25) is 9.78 Å². The number of nitrogens with one attached hydrogen (secondary N) is 1. The van der Waals surface area contributed by atoms with Gasteiger partial charge in [-0.15, -0.1) is 11.8 Å². The lowest BCUT2D eigenvalue weighted by atomic mass is 10.1. The van der Waals surface area contributed by atoms with E-state index < -0.39 is 0 Å². The molecule has 4 rings (SSSR count). The molecule has 1 amide bonds. The number of benzene rings is 3. The molecule has 1 heterocycles. The summed E-state index contributed by atoms with van der Waals surface area (Å²) in [6.07, 6.45) is 1.76. The van der Waals surface area contributed by atoms with Crippen LogP contribution in [0.15, 0.2) is 102 Å². The van der Waals surface area contributed by atoms with Crippen LogP contribution in [-0.4, -0.2) is 16.6 Å². The Bertz CT molecular complexity index is 1070. The van der Waals surface area contributed by atoms with Crippen LogP contribution in [0.3, 0.4) is 0 Å². The Morgan fingerprint density at radius 2 is 1.61 bits per heavy atom. The molecule has 0 unspecified atom stereocenters. The molecule has 0 saturated heterocycles. The number of aromatic nitrogens is 1. The molecule has 0 aliphatic rings. The van der Waals surface area contributed by atoms with Crippen LogP contribution >= 0.6 is 11.8 Å². The van der Waals surface area contributed by atoms with Gasteiger partial charge in [0.05, 0.1) is 11.7 Å². The van der Waals surface area contributed by atoms with Crippen molar-refractivity contribution in [2.45, 2.75) is 10.9 Å². The zero-order chi connectivity index (χ0) is 19.2. The van der Waals surface area contributed by atoms with E-state index in [1.165, 1.54) is 15.7 Å². The molecule has 0 aliphatic carbocycles. The van der Waals surface area contributed by atoms with Crippen molar-refractivity contribution in [2.24, 2.45) is 0 Å². The molecule has 0 radical (unpaired) electrons. The molecular formula is C24H20N2OS. The van der Waals surface area contributed by atoms with Gasteiger partial charge in [-0.2, -0.15) is 0 Å². The monoisotopic (exact) mass is 384 g/mol. The normalized spacial score (nSPS) is 11.9. The second-order valence-corrected chi connectivity index (χ2v) is 7.56. The number of rotatable bonds is 6. The Kier molecular flexibility index (Phi) is 5.69. The summed E-state index contributed by atoms with van der Waals surface area (Å²) in [5.41, 5.74) is 1.51. The minimum absolute atomic E-state index is 0.0876. The lowest BCUT2D eigenvalue weighted by molar-refractivity contribution is 0.0940. The summed E-state index contributed by atoms with van der Waals surface area (Å²) in [7, 11) is 0. The van der Waals surface area contributed by atoms with Crippen LogP contribution < -0.4 is 5.32 Å². The molecule has 3 aromatic carbocycles. The second-order valence-electron chi connectivity index (χ2n) is 6.47. The van der Waals surface area contributed by atoms with E-state index in [0.29, 0.717) is 11.3 Å². The Morgan fingerprint density at radius 3 is 2.39 bits per heavy atom. The van der Waals surface area contributed by atoms with E-state index in [1.807, 2.05) is 60.7 Å². The molecule has 138 valence electrons. The van der Waals surface area contributed by atoms with Crippen molar-refractivity contribution in [1.29, 1.82) is 0 Å². The van der Waals surface area contributed by atoms with E-state index in [0.717, 1.165) is 5.69 Å². The molecule has 0 spiro atoms. The van der Waals surface area contributed by atoms with E-state index in [2.05, 4.69) is 40.6 Å². The van der Waals surface area contributed by atoms with Gasteiger partial charge in [0.15, 0.2) is 0 Å². The van der Waals surface area contributed by atoms with Crippen molar-refractivity contribution in [3.05, 3.63) is 108 Å². The molecule has 28 heavy (non-hydrogen) atoms. The molecule has 1 atom stereocenters. The van der Waals surface area contributed by atoms with Crippen LogP contribution in [0.4, 0.5) is 0 Å². The van der Waals surface area contributed by atoms with Crippen molar-refractivity contribution >= 4 is 28.4 Å². The molecule has 0 fully saturated rings. The number of hydrogen-bond donors (Lipinski definition) is 1. The Hall–Kier alpha value is -3.11. The molecule has 0 saturated carbocycles. The summed E-state index contributed by atoms with van der Waals surface area (Å²) in [4.78, 5) is 18.3. The van der Waals surface area contributed by atoms with Gasteiger partial charge in [0.1, 0.15) is 0 Å². The molecular weight excluding hydrogens is 364 g/mol. The second kappa shape index (κ2) is 8.72. The van der Waals surface area contributed by atoms with Crippen molar-refractivity contribution in [1.82, 2.24) is 10.3 Å². The highest BCUT2D eigenvalue weighted by molar-refractivity contribution is 7.99. The van der Waals surface area contributed by atoms with E-state index >= 15 is 0 Å². The highest BCUT2D eigenvalue weighted by Gasteiger charge is 2.17. The number of thioether (sulfide) groups is 1. The maximum absolute atomic E-state index is 12.7. The first-order valence-electron chi connectivity index (χ1n) is 9.18. The summed E-state index contributed by atoms with van der Waals surface area (Å²) in [6, 6.07) is 29.7. The largest absolute Gasteiger partial charge is 0.343 e. The number of fused-ring (bicyclic) bond motifs is 1. The standard InChI is InChI=1S/C24H20N2OS/c27-24(19-9-2-1-3-10-19)26-23(22-12-6-7-15-25-22)17-28-21-14-13-18-8-4-5-11-20(18)16-21/h1-16,23H,17H2,(H,26,27)/t23-/m0/s1. The molecule has 4 heteroatoms. The SMILES string of the molecule is O=C(N[C@@H](CSc1ccc2ccccc2c1)c1ccccn1)c1ccccc1. The quantitative estimate of drug-likeness (QED) is 0.447. The van der Waals surface area contributed by atoms with Gasteiger partial charge in [-0.05, 0) is 47.2 Å². The molecule has 4 aromatic rings. The predicted octanol–water partition coefficient (Wildman–Crippen LogP) is 5.50. The smallest absolute Gasteiger partial charge is 0.251 e. The minimum Gasteiger partial charge on any atom is -0.343 e. The molecule has 0 aliphatic heterocycles. The van der Waals surface area contributed by atoms with Crippen LogP contribution in [0.2, 0.25) is 0 Å². The predicted molar refractivity (Wildman–Crippen MR) is 116 cm³/mol. The summed E-state index contributed by atoms with van der Waals surface area (Å²) in [6.45, 7) is 0. The van der Waals surface area contributed by atoms with Crippen LogP contribution in [0.25, 0.3) is 10.8 Å². The number of amides is 1. The first-order chi connectivity index (χ1) is 13.8. The fourth-order valence-corrected chi connectivity index (χ4v) is 4.04. The van der Waals surface area contributed by atoms with Crippen molar-refractivity contribution < 1.29 is 4.79 Å². The Morgan fingerprint density at radius 1 is 0.857 bits per heavy atom. The van der Waals surface area contributed by atoms with E-state index in [1.54, 1.807) is 18.0 Å². The fraction of sp³-hybridized carbons (Fsp3) is 0.0833. The van der Waals surface area contributed by atoms with Gasteiger partial charge >= 0.3 is 0 Å². The number of carbonyl (C=O) groups is 1. The lowest BCUT2D eigenvalue weighted by Crippen LogP contribution is -2.30. The first-order valence-corrected chi connectivity index (χ1v) is 10.2. The third kappa shape index (κ3) is 4.41. The third-order valence-electron chi connectivity index (χ3n) is 4.52. The van der Waals surface area contributed by atoms with E-state index in [-0.39, 0.29) is 11.9 Å². The summed E-state index contributed by atoms with van der Waals surface area (Å²) >= 11 is 1.72. The fourth-order valence-electron chi connectivity index (χ4n) is 3.05. The van der Waals surface area contributed by atoms with Crippen molar-refractivity contribution in [3.63, 3.8) is 0 Å². The van der Waals surface area contributed by atoms with Crippen LogP contribution in [0.1, 0.15) is 22.1 Å². The zero-order valence-electron chi connectivity index (χ0n) is 15.3. The van der Waals surface area contributed by atoms with Gasteiger partial charge in [-0.1, -0.05) is 54.6 Å². The average molecular weight is 385 g/mol. The van der Waals surface area contributed by atoms with Gasteiger partial charge in [0, 0.05) is 22.4 Å². The summed E-state index contributed by atoms with van der Waals surface area (Å²) in [5, 5.41) is 5.58. The first kappa shape index (κ1) is 18.3. The number of hydrogen-bond acceptors (Lipinski definition) is 3. The third-order valence-corrected chi connectivity index (χ3v) is 5.61. The van der Waals surface area contributed by atoms with Crippen LogP contribution in [0, 0.1) is 0 Å². The van der Waals surface area contributed by atoms with Crippen LogP contribution in [0.5, 0.6) is 0 Å². The Labute approximate surface area is 168 Å². The number of carbonyl (C=O) groups excluding carboxylic acids is 1. The van der Waals surface area contributed by atoms with Gasteiger partial charge in [0.2, 0.25) is 0 Å². The summed E-state index contributed by atoms with van der Waals surface area (Å²) < 4.78 is 0. The lowest BCUT2D eigenvalue weighted by Gasteiger charge is -2.18. The van der Waals surface area contributed by atoms with Crippen molar-refractivity contribution in [2.75, 3.05) is 5.75 Å². The Balaban J connectivity index is 1.52. The maximum atomic E-state index is 12.7. The van der Waals surface area contributed by atoms with Gasteiger partial charge < -0.3 is 5.32 Å². The number of pyridine rings is 1. The highest BCUT2D eigenvalue weighted by Crippen LogP contribution is 2.27. The topological polar surface area (TPSA) is 42.0 Å².